The van der Waals surface area contributed by atoms with E-state index < -0.39 is 0 Å². The van der Waals surface area contributed by atoms with Crippen molar-refractivity contribution < 1.29 is 9.53 Å². The molecule has 0 radical (unpaired) electrons. The summed E-state index contributed by atoms with van der Waals surface area (Å²) in [5, 5.41) is 2.86. The zero-order valence-corrected chi connectivity index (χ0v) is 11.0. The van der Waals surface area contributed by atoms with Gasteiger partial charge in [-0.15, -0.1) is 0 Å². The average molecular weight is 235 g/mol. The first-order valence-electron chi connectivity index (χ1n) is 6.02. The summed E-state index contributed by atoms with van der Waals surface area (Å²) < 4.78 is 5.44. The van der Waals surface area contributed by atoms with E-state index in [1.165, 1.54) is 11.1 Å². The number of carbonyl (C=O) groups is 1. The van der Waals surface area contributed by atoms with Gasteiger partial charge in [-0.1, -0.05) is 13.0 Å². The largest absolute Gasteiger partial charge is 0.484 e. The summed E-state index contributed by atoms with van der Waals surface area (Å²) in [7, 11) is 0. The summed E-state index contributed by atoms with van der Waals surface area (Å²) in [6.07, 6.45) is 0.926. The van der Waals surface area contributed by atoms with Gasteiger partial charge in [0, 0.05) is 6.04 Å². The fourth-order valence-corrected chi connectivity index (χ4v) is 1.37. The molecule has 0 heterocycles. The number of hydrogen-bond acceptors (Lipinski definition) is 2. The fraction of sp³-hybridized carbons (Fsp3) is 0.500. The molecule has 0 fully saturated rings. The van der Waals surface area contributed by atoms with Crippen molar-refractivity contribution in [1.82, 2.24) is 5.32 Å². The lowest BCUT2D eigenvalue weighted by atomic mass is 10.1. The Morgan fingerprint density at radius 3 is 2.65 bits per heavy atom. The molecule has 3 heteroatoms. The van der Waals surface area contributed by atoms with E-state index in [0.29, 0.717) is 0 Å². The molecule has 1 N–H and O–H groups in total. The lowest BCUT2D eigenvalue weighted by Gasteiger charge is -2.12. The van der Waals surface area contributed by atoms with E-state index in [1.54, 1.807) is 0 Å². The first-order chi connectivity index (χ1) is 8.02. The molecular weight excluding hydrogens is 214 g/mol. The molecule has 94 valence electrons. The van der Waals surface area contributed by atoms with Gasteiger partial charge < -0.3 is 10.1 Å². The van der Waals surface area contributed by atoms with Gasteiger partial charge in [-0.05, 0) is 50.5 Å². The van der Waals surface area contributed by atoms with Crippen LogP contribution in [-0.2, 0) is 4.79 Å². The van der Waals surface area contributed by atoms with Crippen LogP contribution in [0, 0.1) is 13.8 Å². The second-order valence-electron chi connectivity index (χ2n) is 4.41. The molecule has 0 saturated heterocycles. The summed E-state index contributed by atoms with van der Waals surface area (Å²) >= 11 is 0. The summed E-state index contributed by atoms with van der Waals surface area (Å²) in [6, 6.07) is 6.04. The summed E-state index contributed by atoms with van der Waals surface area (Å²) in [6.45, 7) is 8.17. The highest BCUT2D eigenvalue weighted by atomic mass is 16.5. The van der Waals surface area contributed by atoms with Gasteiger partial charge in [-0.2, -0.15) is 0 Å². The zero-order chi connectivity index (χ0) is 12.8. The van der Waals surface area contributed by atoms with Crippen LogP contribution < -0.4 is 10.1 Å². The average Bonchev–Trinajstić information content (AvgIpc) is 2.30. The molecular formula is C14H21NO2. The first-order valence-corrected chi connectivity index (χ1v) is 6.02. The Morgan fingerprint density at radius 1 is 1.35 bits per heavy atom. The van der Waals surface area contributed by atoms with Crippen molar-refractivity contribution in [1.29, 1.82) is 0 Å². The Morgan fingerprint density at radius 2 is 2.06 bits per heavy atom. The van der Waals surface area contributed by atoms with Gasteiger partial charge in [0.25, 0.3) is 5.91 Å². The Labute approximate surface area is 103 Å². The van der Waals surface area contributed by atoms with E-state index in [0.717, 1.165) is 12.2 Å². The standard InChI is InChI=1S/C14H21NO2/c1-5-12(4)15-14(16)9-17-13-7-6-10(2)11(3)8-13/h6-8,12H,5,9H2,1-4H3,(H,15,16). The fourth-order valence-electron chi connectivity index (χ4n) is 1.37. The number of nitrogens with one attached hydrogen (secondary N) is 1. The number of benzene rings is 1. The van der Waals surface area contributed by atoms with Crippen LogP contribution in [0.4, 0.5) is 0 Å². The van der Waals surface area contributed by atoms with Crippen LogP contribution in [0.3, 0.4) is 0 Å². The third-order valence-corrected chi connectivity index (χ3v) is 2.87. The molecule has 0 spiro atoms. The molecule has 0 saturated carbocycles. The molecule has 0 aliphatic heterocycles. The van der Waals surface area contributed by atoms with Crippen molar-refractivity contribution in [3.63, 3.8) is 0 Å². The van der Waals surface area contributed by atoms with Gasteiger partial charge in [0.1, 0.15) is 5.75 Å². The predicted molar refractivity (Wildman–Crippen MR) is 69.3 cm³/mol. The highest BCUT2D eigenvalue weighted by Gasteiger charge is 2.06. The number of ether oxygens (including phenoxy) is 1. The van der Waals surface area contributed by atoms with Crippen LogP contribution in [0.25, 0.3) is 0 Å². The topological polar surface area (TPSA) is 38.3 Å². The number of aryl methyl sites for hydroxylation is 2. The minimum Gasteiger partial charge on any atom is -0.484 e. The normalized spacial score (nSPS) is 12.0. The lowest BCUT2D eigenvalue weighted by Crippen LogP contribution is -2.35. The van der Waals surface area contributed by atoms with Crippen LogP contribution in [0.15, 0.2) is 18.2 Å². The molecule has 3 nitrogen and oxygen atoms in total. The van der Waals surface area contributed by atoms with E-state index in [4.69, 9.17) is 4.74 Å². The molecule has 0 aliphatic carbocycles. The van der Waals surface area contributed by atoms with Crippen LogP contribution in [0.2, 0.25) is 0 Å². The second kappa shape index (κ2) is 6.28. The van der Waals surface area contributed by atoms with Crippen LogP contribution >= 0.6 is 0 Å². The van der Waals surface area contributed by atoms with Gasteiger partial charge >= 0.3 is 0 Å². The molecule has 0 bridgehead atoms. The summed E-state index contributed by atoms with van der Waals surface area (Å²) in [5.74, 6) is 0.671. The van der Waals surface area contributed by atoms with Gasteiger partial charge in [-0.3, -0.25) is 4.79 Å². The molecule has 0 aliphatic rings. The van der Waals surface area contributed by atoms with Crippen molar-refractivity contribution >= 4 is 5.91 Å². The predicted octanol–water partition coefficient (Wildman–Crippen LogP) is 2.60. The van der Waals surface area contributed by atoms with E-state index in [-0.39, 0.29) is 18.6 Å². The van der Waals surface area contributed by atoms with Crippen LogP contribution in [0.5, 0.6) is 5.75 Å². The first kappa shape index (κ1) is 13.6. The highest BCUT2D eigenvalue weighted by Crippen LogP contribution is 2.16. The van der Waals surface area contributed by atoms with Gasteiger partial charge in [0.2, 0.25) is 0 Å². The number of amides is 1. The zero-order valence-electron chi connectivity index (χ0n) is 11.0. The van der Waals surface area contributed by atoms with E-state index >= 15 is 0 Å². The molecule has 1 aromatic carbocycles. The van der Waals surface area contributed by atoms with E-state index in [2.05, 4.69) is 12.2 Å². The van der Waals surface area contributed by atoms with Crippen molar-refractivity contribution in [2.45, 2.75) is 40.2 Å². The van der Waals surface area contributed by atoms with Gasteiger partial charge in [-0.25, -0.2) is 0 Å². The maximum Gasteiger partial charge on any atom is 0.258 e. The lowest BCUT2D eigenvalue weighted by molar-refractivity contribution is -0.123. The molecule has 1 unspecified atom stereocenters. The Kier molecular flexibility index (Phi) is 5.01. The molecule has 17 heavy (non-hydrogen) atoms. The van der Waals surface area contributed by atoms with Crippen molar-refractivity contribution in [3.8, 4) is 5.75 Å². The third kappa shape index (κ3) is 4.47. The van der Waals surface area contributed by atoms with Gasteiger partial charge in [0.05, 0.1) is 0 Å². The van der Waals surface area contributed by atoms with Crippen LogP contribution in [-0.4, -0.2) is 18.6 Å². The minimum absolute atomic E-state index is 0.0717. The van der Waals surface area contributed by atoms with Gasteiger partial charge in [0.15, 0.2) is 6.61 Å². The molecule has 1 aromatic rings. The maximum absolute atomic E-state index is 11.5. The van der Waals surface area contributed by atoms with Crippen LogP contribution in [0.1, 0.15) is 31.4 Å². The molecule has 1 atom stereocenters. The molecule has 1 rings (SSSR count). The monoisotopic (exact) mass is 235 g/mol. The molecule has 1 amide bonds. The van der Waals surface area contributed by atoms with E-state index in [1.807, 2.05) is 39.0 Å². The molecule has 0 aromatic heterocycles. The third-order valence-electron chi connectivity index (χ3n) is 2.87. The SMILES string of the molecule is CCC(C)NC(=O)COc1ccc(C)c(C)c1. The highest BCUT2D eigenvalue weighted by molar-refractivity contribution is 5.77. The van der Waals surface area contributed by atoms with E-state index in [9.17, 15) is 4.79 Å². The van der Waals surface area contributed by atoms with Crippen molar-refractivity contribution in [2.24, 2.45) is 0 Å². The maximum atomic E-state index is 11.5. The number of rotatable bonds is 5. The smallest absolute Gasteiger partial charge is 0.258 e. The Hall–Kier alpha value is -1.51. The summed E-state index contributed by atoms with van der Waals surface area (Å²) in [4.78, 5) is 11.5. The Balaban J connectivity index is 2.45. The number of hydrogen-bond donors (Lipinski definition) is 1. The minimum atomic E-state index is -0.0717. The van der Waals surface area contributed by atoms with Crippen molar-refractivity contribution in [2.75, 3.05) is 6.61 Å². The quantitative estimate of drug-likeness (QED) is 0.852. The summed E-state index contributed by atoms with van der Waals surface area (Å²) in [5.41, 5.74) is 2.39. The Bertz CT molecular complexity index is 388. The second-order valence-corrected chi connectivity index (χ2v) is 4.41. The number of carbonyl (C=O) groups excluding carboxylic acids is 1. The van der Waals surface area contributed by atoms with Crippen molar-refractivity contribution in [3.05, 3.63) is 29.3 Å².